The van der Waals surface area contributed by atoms with E-state index < -0.39 is 10.0 Å². The maximum atomic E-state index is 12.6. The minimum atomic E-state index is -3.35. The number of hydrogen-bond donors (Lipinski definition) is 1. The Morgan fingerprint density at radius 1 is 1.42 bits per heavy atom. The van der Waals surface area contributed by atoms with Gasteiger partial charge in [-0.25, -0.2) is 8.42 Å². The fourth-order valence-electron chi connectivity index (χ4n) is 2.49. The second-order valence-electron chi connectivity index (χ2n) is 6.06. The maximum Gasteiger partial charge on any atom is 0.244 e. The van der Waals surface area contributed by atoms with Crippen LogP contribution >= 0.6 is 0 Å². The summed E-state index contributed by atoms with van der Waals surface area (Å²) >= 11 is 0. The zero-order chi connectivity index (χ0) is 14.3. The fourth-order valence-corrected chi connectivity index (χ4v) is 4.22. The third kappa shape index (κ3) is 2.85. The summed E-state index contributed by atoms with van der Waals surface area (Å²) in [6.45, 7) is 6.11. The number of aromatic nitrogens is 1. The summed E-state index contributed by atoms with van der Waals surface area (Å²) < 4.78 is 28.6. The Kier molecular flexibility index (Phi) is 3.77. The first-order valence-corrected chi connectivity index (χ1v) is 8.00. The zero-order valence-corrected chi connectivity index (χ0v) is 12.9. The summed E-state index contributed by atoms with van der Waals surface area (Å²) in [4.78, 5) is 0.401. The van der Waals surface area contributed by atoms with Gasteiger partial charge in [0.1, 0.15) is 4.90 Å². The quantitative estimate of drug-likeness (QED) is 0.903. The molecule has 19 heavy (non-hydrogen) atoms. The van der Waals surface area contributed by atoms with Gasteiger partial charge < -0.3 is 9.88 Å². The average Bonchev–Trinajstić information content (AvgIpc) is 2.84. The molecule has 1 N–H and O–H groups in total. The molecule has 1 aromatic rings. The van der Waals surface area contributed by atoms with Crippen molar-refractivity contribution in [3.8, 4) is 0 Å². The van der Waals surface area contributed by atoms with Crippen molar-refractivity contribution in [2.75, 3.05) is 20.1 Å². The van der Waals surface area contributed by atoms with Crippen LogP contribution in [-0.4, -0.2) is 37.4 Å². The summed E-state index contributed by atoms with van der Waals surface area (Å²) in [6, 6.07) is 1.76. The molecular formula is C13H23N3O2S. The number of hydrogen-bond acceptors (Lipinski definition) is 3. The molecule has 2 rings (SSSR count). The van der Waals surface area contributed by atoms with Crippen LogP contribution in [0.2, 0.25) is 0 Å². The molecule has 0 unspecified atom stereocenters. The molecule has 0 atom stereocenters. The van der Waals surface area contributed by atoms with E-state index in [0.717, 1.165) is 12.1 Å². The van der Waals surface area contributed by atoms with Gasteiger partial charge in [0.15, 0.2) is 0 Å². The van der Waals surface area contributed by atoms with E-state index in [2.05, 4.69) is 19.2 Å². The monoisotopic (exact) mass is 285 g/mol. The molecule has 0 aliphatic carbocycles. The van der Waals surface area contributed by atoms with Gasteiger partial charge in [0.05, 0.1) is 0 Å². The van der Waals surface area contributed by atoms with Crippen molar-refractivity contribution in [2.45, 2.75) is 31.7 Å². The molecule has 0 aromatic carbocycles. The van der Waals surface area contributed by atoms with Gasteiger partial charge in [-0.15, -0.1) is 0 Å². The smallest absolute Gasteiger partial charge is 0.244 e. The Bertz CT molecular complexity index is 560. The van der Waals surface area contributed by atoms with Gasteiger partial charge in [0.25, 0.3) is 0 Å². The van der Waals surface area contributed by atoms with Crippen molar-refractivity contribution in [3.63, 3.8) is 0 Å². The molecule has 5 nitrogen and oxygen atoms in total. The van der Waals surface area contributed by atoms with E-state index in [1.165, 1.54) is 0 Å². The lowest BCUT2D eigenvalue weighted by Crippen LogP contribution is -2.30. The number of sulfonamides is 1. The number of nitrogens with one attached hydrogen (secondary N) is 1. The first-order valence-electron chi connectivity index (χ1n) is 6.56. The van der Waals surface area contributed by atoms with Gasteiger partial charge in [-0.3, -0.25) is 0 Å². The molecule has 0 radical (unpaired) electrons. The molecule has 1 saturated heterocycles. The molecule has 1 fully saturated rings. The van der Waals surface area contributed by atoms with Gasteiger partial charge in [-0.2, -0.15) is 4.31 Å². The Balaban J connectivity index is 2.28. The minimum absolute atomic E-state index is 0.0790. The normalized spacial score (nSPS) is 20.0. The van der Waals surface area contributed by atoms with Crippen LogP contribution in [0.3, 0.4) is 0 Å². The van der Waals surface area contributed by atoms with Crippen molar-refractivity contribution in [1.82, 2.24) is 14.2 Å². The summed E-state index contributed by atoms with van der Waals surface area (Å²) in [5, 5.41) is 3.04. The van der Waals surface area contributed by atoms with Gasteiger partial charge in [-0.1, -0.05) is 13.8 Å². The third-order valence-electron chi connectivity index (χ3n) is 3.72. The summed E-state index contributed by atoms with van der Waals surface area (Å²) in [7, 11) is 0.381. The molecule has 0 saturated carbocycles. The Morgan fingerprint density at radius 2 is 2.11 bits per heavy atom. The highest BCUT2D eigenvalue weighted by Gasteiger charge is 2.37. The van der Waals surface area contributed by atoms with E-state index in [4.69, 9.17) is 0 Å². The Morgan fingerprint density at radius 3 is 2.63 bits per heavy atom. The molecule has 1 aliphatic heterocycles. The molecule has 0 spiro atoms. The number of aryl methyl sites for hydroxylation is 1. The number of rotatable bonds is 4. The van der Waals surface area contributed by atoms with Crippen LogP contribution in [0, 0.1) is 5.41 Å². The van der Waals surface area contributed by atoms with E-state index in [1.807, 2.05) is 18.7 Å². The third-order valence-corrected chi connectivity index (χ3v) is 5.53. The van der Waals surface area contributed by atoms with Crippen LogP contribution in [0.25, 0.3) is 0 Å². The van der Waals surface area contributed by atoms with Crippen molar-refractivity contribution < 1.29 is 8.42 Å². The van der Waals surface area contributed by atoms with Crippen molar-refractivity contribution in [3.05, 3.63) is 18.0 Å². The second kappa shape index (κ2) is 4.92. The highest BCUT2D eigenvalue weighted by atomic mass is 32.2. The Labute approximate surface area is 115 Å². The minimum Gasteiger partial charge on any atom is -0.352 e. The zero-order valence-electron chi connectivity index (χ0n) is 12.1. The van der Waals surface area contributed by atoms with Gasteiger partial charge in [0.2, 0.25) is 10.0 Å². The lowest BCUT2D eigenvalue weighted by Gasteiger charge is -2.19. The highest BCUT2D eigenvalue weighted by molar-refractivity contribution is 7.89. The maximum absolute atomic E-state index is 12.6. The van der Waals surface area contributed by atoms with E-state index >= 15 is 0 Å². The SMILES string of the molecule is CNCc1cc(S(=O)(=O)N2CCC(C)(C)C2)cn1C. The average molecular weight is 285 g/mol. The standard InChI is InChI=1S/C13H23N3O2S/c1-13(2)5-6-16(10-13)19(17,18)12-7-11(8-14-3)15(4)9-12/h7,9,14H,5-6,8,10H2,1-4H3. The molecule has 0 bridgehead atoms. The van der Waals surface area contributed by atoms with Crippen molar-refractivity contribution >= 4 is 10.0 Å². The summed E-state index contributed by atoms with van der Waals surface area (Å²) in [6.07, 6.45) is 2.62. The van der Waals surface area contributed by atoms with Crippen LogP contribution in [0.5, 0.6) is 0 Å². The summed E-state index contributed by atoms with van der Waals surface area (Å²) in [5.41, 5.74) is 1.05. The van der Waals surface area contributed by atoms with E-state index in [0.29, 0.717) is 24.5 Å². The lowest BCUT2D eigenvalue weighted by molar-refractivity contribution is 0.375. The van der Waals surface area contributed by atoms with Crippen molar-refractivity contribution in [2.24, 2.45) is 12.5 Å². The Hall–Kier alpha value is -0.850. The van der Waals surface area contributed by atoms with Crippen molar-refractivity contribution in [1.29, 1.82) is 0 Å². The molecule has 108 valence electrons. The molecule has 2 heterocycles. The predicted octanol–water partition coefficient (Wildman–Crippen LogP) is 1.17. The first-order chi connectivity index (χ1) is 8.76. The second-order valence-corrected chi connectivity index (χ2v) is 8.00. The summed E-state index contributed by atoms with van der Waals surface area (Å²) in [5.74, 6) is 0. The fraction of sp³-hybridized carbons (Fsp3) is 0.692. The largest absolute Gasteiger partial charge is 0.352 e. The topological polar surface area (TPSA) is 54.3 Å². The van der Waals surface area contributed by atoms with Crippen LogP contribution in [0.1, 0.15) is 26.0 Å². The molecule has 0 amide bonds. The predicted molar refractivity (Wildman–Crippen MR) is 75.3 cm³/mol. The van der Waals surface area contributed by atoms with Crippen LogP contribution in [0.4, 0.5) is 0 Å². The van der Waals surface area contributed by atoms with E-state index in [-0.39, 0.29) is 5.41 Å². The van der Waals surface area contributed by atoms with Gasteiger partial charge >= 0.3 is 0 Å². The highest BCUT2D eigenvalue weighted by Crippen LogP contribution is 2.33. The van der Waals surface area contributed by atoms with Gasteiger partial charge in [0, 0.05) is 38.6 Å². The first kappa shape index (κ1) is 14.6. The van der Waals surface area contributed by atoms with Gasteiger partial charge in [-0.05, 0) is 24.9 Å². The lowest BCUT2D eigenvalue weighted by atomic mass is 9.93. The molecule has 1 aliphatic rings. The van der Waals surface area contributed by atoms with Crippen LogP contribution < -0.4 is 5.32 Å². The molecule has 6 heteroatoms. The van der Waals surface area contributed by atoms with Crippen LogP contribution in [-0.2, 0) is 23.6 Å². The molecular weight excluding hydrogens is 262 g/mol. The molecule has 1 aromatic heterocycles. The number of nitrogens with zero attached hydrogens (tertiary/aromatic N) is 2. The van der Waals surface area contributed by atoms with Crippen LogP contribution in [0.15, 0.2) is 17.2 Å². The van der Waals surface area contributed by atoms with E-state index in [9.17, 15) is 8.42 Å². The van der Waals surface area contributed by atoms with E-state index in [1.54, 1.807) is 16.6 Å².